The highest BCUT2D eigenvalue weighted by molar-refractivity contribution is 5.80. The van der Waals surface area contributed by atoms with E-state index < -0.39 is 11.6 Å². The van der Waals surface area contributed by atoms with Gasteiger partial charge < -0.3 is 10.2 Å². The van der Waals surface area contributed by atoms with Crippen LogP contribution >= 0.6 is 0 Å². The molecule has 1 heterocycles. The summed E-state index contributed by atoms with van der Waals surface area (Å²) in [6, 6.07) is 4.00. The second-order valence-electron chi connectivity index (χ2n) is 4.41. The molecule has 0 saturated carbocycles. The molecule has 0 radical (unpaired) electrons. The number of hydrogen-bond acceptors (Lipinski definition) is 3. The first-order valence-corrected chi connectivity index (χ1v) is 6.10. The van der Waals surface area contributed by atoms with Crippen molar-refractivity contribution in [1.29, 1.82) is 0 Å². The molecule has 1 aromatic carbocycles. The first kappa shape index (κ1) is 12.8. The van der Waals surface area contributed by atoms with Gasteiger partial charge in [0.1, 0.15) is 0 Å². The van der Waals surface area contributed by atoms with Gasteiger partial charge in [0.2, 0.25) is 0 Å². The minimum atomic E-state index is -0.803. The van der Waals surface area contributed by atoms with Crippen molar-refractivity contribution in [1.82, 2.24) is 10.2 Å². The lowest BCUT2D eigenvalue weighted by Crippen LogP contribution is -2.42. The van der Waals surface area contributed by atoms with Gasteiger partial charge in [0.25, 0.3) is 0 Å². The molecular weight excluding hydrogens is 236 g/mol. The van der Waals surface area contributed by atoms with Crippen LogP contribution in [0.3, 0.4) is 0 Å². The van der Waals surface area contributed by atoms with Gasteiger partial charge in [-0.2, -0.15) is 0 Å². The van der Waals surface area contributed by atoms with Crippen molar-refractivity contribution in [2.24, 2.45) is 4.99 Å². The third-order valence-electron chi connectivity index (χ3n) is 2.96. The van der Waals surface area contributed by atoms with E-state index in [4.69, 9.17) is 0 Å². The van der Waals surface area contributed by atoms with Gasteiger partial charge >= 0.3 is 0 Å². The lowest BCUT2D eigenvalue weighted by atomic mass is 10.1. The first-order valence-electron chi connectivity index (χ1n) is 6.10. The summed E-state index contributed by atoms with van der Waals surface area (Å²) in [4.78, 5) is 6.43. The Balaban J connectivity index is 1.84. The van der Waals surface area contributed by atoms with Crippen LogP contribution in [-0.4, -0.2) is 37.5 Å². The van der Waals surface area contributed by atoms with Crippen LogP contribution in [0.2, 0.25) is 0 Å². The Kier molecular flexibility index (Phi) is 4.12. The van der Waals surface area contributed by atoms with E-state index >= 15 is 0 Å². The van der Waals surface area contributed by atoms with Gasteiger partial charge in [-0.05, 0) is 30.5 Å². The Morgan fingerprint density at radius 2 is 2.17 bits per heavy atom. The second-order valence-corrected chi connectivity index (χ2v) is 4.41. The van der Waals surface area contributed by atoms with Crippen molar-refractivity contribution in [3.63, 3.8) is 0 Å². The van der Waals surface area contributed by atoms with Gasteiger partial charge in [0, 0.05) is 26.7 Å². The Morgan fingerprint density at radius 3 is 2.89 bits per heavy atom. The summed E-state index contributed by atoms with van der Waals surface area (Å²) in [7, 11) is 1.99. The molecule has 0 amide bonds. The van der Waals surface area contributed by atoms with Crippen molar-refractivity contribution >= 4 is 5.96 Å². The number of benzene rings is 1. The van der Waals surface area contributed by atoms with Gasteiger partial charge in [0.05, 0.1) is 0 Å². The summed E-state index contributed by atoms with van der Waals surface area (Å²) in [5.74, 6) is -0.716. The molecule has 0 fully saturated rings. The second kappa shape index (κ2) is 5.80. The van der Waals surface area contributed by atoms with Gasteiger partial charge in [-0.15, -0.1) is 0 Å². The van der Waals surface area contributed by atoms with Crippen LogP contribution in [0.1, 0.15) is 12.0 Å². The maximum atomic E-state index is 13.0. The fourth-order valence-corrected chi connectivity index (χ4v) is 1.92. The van der Waals surface area contributed by atoms with E-state index in [2.05, 4.69) is 15.2 Å². The maximum absolute atomic E-state index is 13.0. The molecule has 0 aliphatic carbocycles. The Labute approximate surface area is 106 Å². The lowest BCUT2D eigenvalue weighted by molar-refractivity contribution is 0.446. The van der Waals surface area contributed by atoms with Gasteiger partial charge in [-0.3, -0.25) is 4.99 Å². The Bertz CT molecular complexity index is 446. The number of rotatable bonds is 3. The highest BCUT2D eigenvalue weighted by Gasteiger charge is 2.10. The topological polar surface area (TPSA) is 27.6 Å². The molecule has 2 rings (SSSR count). The third-order valence-corrected chi connectivity index (χ3v) is 2.96. The molecule has 0 saturated heterocycles. The molecule has 5 heteroatoms. The van der Waals surface area contributed by atoms with E-state index in [-0.39, 0.29) is 0 Å². The summed E-state index contributed by atoms with van der Waals surface area (Å²) in [5, 5.41) is 3.21. The Morgan fingerprint density at radius 1 is 1.33 bits per heavy atom. The zero-order valence-electron chi connectivity index (χ0n) is 10.4. The van der Waals surface area contributed by atoms with Crippen molar-refractivity contribution < 1.29 is 8.78 Å². The molecule has 0 aromatic heterocycles. The molecule has 0 atom stereocenters. The summed E-state index contributed by atoms with van der Waals surface area (Å²) in [6.07, 6.45) is 1.72. The van der Waals surface area contributed by atoms with Crippen molar-refractivity contribution in [2.45, 2.75) is 12.8 Å². The lowest BCUT2D eigenvalue weighted by Gasteiger charge is -2.25. The van der Waals surface area contributed by atoms with Crippen LogP contribution in [0.4, 0.5) is 8.78 Å². The predicted molar refractivity (Wildman–Crippen MR) is 67.6 cm³/mol. The number of hydrogen-bond donors (Lipinski definition) is 1. The molecule has 0 unspecified atom stereocenters. The zero-order chi connectivity index (χ0) is 13.0. The first-order chi connectivity index (χ1) is 8.66. The fraction of sp³-hybridized carbons (Fsp3) is 0.462. The third kappa shape index (κ3) is 3.18. The minimum absolute atomic E-state index is 0.643. The van der Waals surface area contributed by atoms with Crippen molar-refractivity contribution in [2.75, 3.05) is 26.7 Å². The van der Waals surface area contributed by atoms with Crippen LogP contribution in [0.25, 0.3) is 0 Å². The molecule has 98 valence electrons. The Hall–Kier alpha value is -1.65. The molecule has 1 aliphatic rings. The molecule has 18 heavy (non-hydrogen) atoms. The molecule has 3 nitrogen and oxygen atoms in total. The van der Waals surface area contributed by atoms with E-state index in [0.29, 0.717) is 13.0 Å². The largest absolute Gasteiger partial charge is 0.356 e. The van der Waals surface area contributed by atoms with Crippen LogP contribution in [0, 0.1) is 11.6 Å². The summed E-state index contributed by atoms with van der Waals surface area (Å²) in [6.45, 7) is 2.50. The highest BCUT2D eigenvalue weighted by Crippen LogP contribution is 2.08. The number of guanidine groups is 1. The number of nitrogens with zero attached hydrogens (tertiary/aromatic N) is 2. The SMILES string of the molecule is CN1CCCN=C1NCCc1ccc(F)c(F)c1. The van der Waals surface area contributed by atoms with Crippen LogP contribution < -0.4 is 5.32 Å². The van der Waals surface area contributed by atoms with Crippen LogP contribution in [-0.2, 0) is 6.42 Å². The van der Waals surface area contributed by atoms with Gasteiger partial charge in [0.15, 0.2) is 17.6 Å². The monoisotopic (exact) mass is 253 g/mol. The van der Waals surface area contributed by atoms with E-state index in [1.54, 1.807) is 6.07 Å². The molecule has 1 aliphatic heterocycles. The number of aliphatic imine (C=N–C) groups is 1. The smallest absolute Gasteiger partial charge is 0.193 e. The molecule has 0 bridgehead atoms. The molecular formula is C13H17F2N3. The van der Waals surface area contributed by atoms with E-state index in [1.165, 1.54) is 6.07 Å². The standard InChI is InChI=1S/C13H17F2N3/c1-18-8-2-6-16-13(18)17-7-5-10-3-4-11(14)12(15)9-10/h3-4,9H,2,5-8H2,1H3,(H,16,17). The summed E-state index contributed by atoms with van der Waals surface area (Å²) < 4.78 is 25.7. The maximum Gasteiger partial charge on any atom is 0.193 e. The van der Waals surface area contributed by atoms with Crippen LogP contribution in [0.15, 0.2) is 23.2 Å². The van der Waals surface area contributed by atoms with Crippen molar-refractivity contribution in [3.05, 3.63) is 35.4 Å². The summed E-state index contributed by atoms with van der Waals surface area (Å²) in [5.41, 5.74) is 0.778. The average molecular weight is 253 g/mol. The molecule has 0 spiro atoms. The van der Waals surface area contributed by atoms with Crippen molar-refractivity contribution in [3.8, 4) is 0 Å². The van der Waals surface area contributed by atoms with E-state index in [1.807, 2.05) is 7.05 Å². The van der Waals surface area contributed by atoms with E-state index in [9.17, 15) is 8.78 Å². The molecule has 1 N–H and O–H groups in total. The predicted octanol–water partition coefficient (Wildman–Crippen LogP) is 1.79. The van der Waals surface area contributed by atoms with Gasteiger partial charge in [-0.1, -0.05) is 6.07 Å². The summed E-state index contributed by atoms with van der Waals surface area (Å²) >= 11 is 0. The number of nitrogens with one attached hydrogen (secondary N) is 1. The average Bonchev–Trinajstić information content (AvgIpc) is 2.36. The van der Waals surface area contributed by atoms with Gasteiger partial charge in [-0.25, -0.2) is 8.78 Å². The highest BCUT2D eigenvalue weighted by atomic mass is 19.2. The van der Waals surface area contributed by atoms with E-state index in [0.717, 1.165) is 37.1 Å². The normalized spacial score (nSPS) is 15.5. The quantitative estimate of drug-likeness (QED) is 0.889. The van der Waals surface area contributed by atoms with Crippen LogP contribution in [0.5, 0.6) is 0 Å². The number of halogens is 2. The fourth-order valence-electron chi connectivity index (χ4n) is 1.92. The molecule has 1 aromatic rings. The zero-order valence-corrected chi connectivity index (χ0v) is 10.4. The minimum Gasteiger partial charge on any atom is -0.356 e.